The van der Waals surface area contributed by atoms with Gasteiger partial charge in [-0.05, 0) is 26.0 Å². The number of halogens is 2. The molecule has 0 spiro atoms. The standard InChI is InChI=1S/C13H10F2N4OS/c1-6-11(21-13-18-17-7(2)19(6)13)12(20)16-8-3-4-9(14)10(15)5-8/h3-5H,1-2H3,(H,16,20). The van der Waals surface area contributed by atoms with E-state index in [2.05, 4.69) is 15.5 Å². The highest BCUT2D eigenvalue weighted by Crippen LogP contribution is 2.24. The van der Waals surface area contributed by atoms with Gasteiger partial charge in [0.2, 0.25) is 4.96 Å². The van der Waals surface area contributed by atoms with Crippen molar-refractivity contribution in [2.24, 2.45) is 0 Å². The van der Waals surface area contributed by atoms with Crippen LogP contribution in [0.5, 0.6) is 0 Å². The van der Waals surface area contributed by atoms with E-state index in [1.165, 1.54) is 17.4 Å². The molecule has 0 aliphatic heterocycles. The molecule has 2 heterocycles. The van der Waals surface area contributed by atoms with Crippen LogP contribution in [-0.2, 0) is 0 Å². The van der Waals surface area contributed by atoms with Gasteiger partial charge in [0.25, 0.3) is 5.91 Å². The smallest absolute Gasteiger partial charge is 0.267 e. The Morgan fingerprint density at radius 1 is 1.24 bits per heavy atom. The molecule has 1 aromatic carbocycles. The Bertz CT molecular complexity index is 855. The van der Waals surface area contributed by atoms with E-state index in [9.17, 15) is 13.6 Å². The van der Waals surface area contributed by atoms with Crippen molar-refractivity contribution in [3.8, 4) is 0 Å². The summed E-state index contributed by atoms with van der Waals surface area (Å²) in [6.07, 6.45) is 0. The van der Waals surface area contributed by atoms with Gasteiger partial charge in [0, 0.05) is 17.4 Å². The largest absolute Gasteiger partial charge is 0.321 e. The third-order valence-corrected chi connectivity index (χ3v) is 4.17. The molecule has 0 fully saturated rings. The van der Waals surface area contributed by atoms with Crippen molar-refractivity contribution in [3.63, 3.8) is 0 Å². The van der Waals surface area contributed by atoms with E-state index in [4.69, 9.17) is 0 Å². The Labute approximate surface area is 122 Å². The van der Waals surface area contributed by atoms with Gasteiger partial charge >= 0.3 is 0 Å². The Morgan fingerprint density at radius 3 is 2.67 bits per heavy atom. The average Bonchev–Trinajstić information content (AvgIpc) is 2.96. The first-order valence-corrected chi connectivity index (χ1v) is 6.86. The van der Waals surface area contributed by atoms with Crippen molar-refractivity contribution in [1.29, 1.82) is 0 Å². The van der Waals surface area contributed by atoms with E-state index in [0.717, 1.165) is 12.1 Å². The fourth-order valence-electron chi connectivity index (χ4n) is 2.03. The summed E-state index contributed by atoms with van der Waals surface area (Å²) in [7, 11) is 0. The maximum atomic E-state index is 13.1. The number of amides is 1. The van der Waals surface area contributed by atoms with Crippen LogP contribution in [0.25, 0.3) is 4.96 Å². The number of carbonyl (C=O) groups is 1. The van der Waals surface area contributed by atoms with Crippen molar-refractivity contribution in [2.45, 2.75) is 13.8 Å². The quantitative estimate of drug-likeness (QED) is 0.792. The van der Waals surface area contributed by atoms with E-state index >= 15 is 0 Å². The van der Waals surface area contributed by atoms with Crippen LogP contribution in [0.4, 0.5) is 14.5 Å². The predicted molar refractivity (Wildman–Crippen MR) is 74.6 cm³/mol. The first kappa shape index (κ1) is 13.6. The van der Waals surface area contributed by atoms with Crippen LogP contribution in [-0.4, -0.2) is 20.5 Å². The molecule has 1 N–H and O–H groups in total. The van der Waals surface area contributed by atoms with E-state index in [-0.39, 0.29) is 5.69 Å². The molecule has 21 heavy (non-hydrogen) atoms. The SMILES string of the molecule is Cc1nnc2sc(C(=O)Nc3ccc(F)c(F)c3)c(C)n12. The number of carbonyl (C=O) groups excluding carboxylic acids is 1. The zero-order valence-electron chi connectivity index (χ0n) is 11.1. The average molecular weight is 308 g/mol. The normalized spacial score (nSPS) is 11.0. The van der Waals surface area contributed by atoms with Crippen LogP contribution >= 0.6 is 11.3 Å². The number of hydrogen-bond donors (Lipinski definition) is 1. The molecule has 8 heteroatoms. The lowest BCUT2D eigenvalue weighted by molar-refractivity contribution is 0.102. The number of aromatic nitrogens is 3. The fourth-order valence-corrected chi connectivity index (χ4v) is 3.04. The second-order valence-corrected chi connectivity index (χ2v) is 5.44. The molecule has 0 atom stereocenters. The molecule has 2 aromatic heterocycles. The third kappa shape index (κ3) is 2.27. The Balaban J connectivity index is 1.93. The molecule has 0 unspecified atom stereocenters. The molecule has 0 saturated carbocycles. The van der Waals surface area contributed by atoms with Crippen LogP contribution in [0.15, 0.2) is 18.2 Å². The Morgan fingerprint density at radius 2 is 2.00 bits per heavy atom. The van der Waals surface area contributed by atoms with Crippen molar-refractivity contribution in [2.75, 3.05) is 5.32 Å². The molecule has 108 valence electrons. The van der Waals surface area contributed by atoms with Gasteiger partial charge in [0.15, 0.2) is 11.6 Å². The summed E-state index contributed by atoms with van der Waals surface area (Å²) < 4.78 is 27.8. The van der Waals surface area contributed by atoms with E-state index < -0.39 is 17.5 Å². The highest BCUT2D eigenvalue weighted by Gasteiger charge is 2.18. The lowest BCUT2D eigenvalue weighted by Gasteiger charge is -2.05. The third-order valence-electron chi connectivity index (χ3n) is 3.04. The number of nitrogens with one attached hydrogen (secondary N) is 1. The predicted octanol–water partition coefficient (Wildman–Crippen LogP) is 2.94. The van der Waals surface area contributed by atoms with Gasteiger partial charge in [-0.1, -0.05) is 11.3 Å². The zero-order valence-corrected chi connectivity index (χ0v) is 12.0. The summed E-state index contributed by atoms with van der Waals surface area (Å²) in [5.41, 5.74) is 0.900. The molecular formula is C13H10F2N4OS. The van der Waals surface area contributed by atoms with Crippen LogP contribution < -0.4 is 5.32 Å². The molecule has 5 nitrogen and oxygen atoms in total. The van der Waals surface area contributed by atoms with Gasteiger partial charge in [0.05, 0.1) is 0 Å². The van der Waals surface area contributed by atoms with Crippen LogP contribution in [0.1, 0.15) is 21.2 Å². The summed E-state index contributed by atoms with van der Waals surface area (Å²) >= 11 is 1.19. The molecule has 0 aliphatic rings. The number of hydrogen-bond acceptors (Lipinski definition) is 4. The Hall–Kier alpha value is -2.35. The number of nitrogens with zero attached hydrogens (tertiary/aromatic N) is 3. The Kier molecular flexibility index (Phi) is 3.17. The minimum absolute atomic E-state index is 0.194. The van der Waals surface area contributed by atoms with Crippen LogP contribution in [0.3, 0.4) is 0 Å². The van der Waals surface area contributed by atoms with Crippen molar-refractivity contribution >= 4 is 27.9 Å². The molecule has 0 aliphatic carbocycles. The second kappa shape index (κ2) is 4.88. The van der Waals surface area contributed by atoms with E-state index in [1.54, 1.807) is 18.2 Å². The van der Waals surface area contributed by atoms with Gasteiger partial charge in [-0.15, -0.1) is 10.2 Å². The van der Waals surface area contributed by atoms with Crippen molar-refractivity contribution in [1.82, 2.24) is 14.6 Å². The monoisotopic (exact) mass is 308 g/mol. The molecule has 0 bridgehead atoms. The first-order valence-electron chi connectivity index (χ1n) is 6.05. The molecular weight excluding hydrogens is 298 g/mol. The number of thiazole rings is 1. The molecule has 0 radical (unpaired) electrons. The molecule has 1 amide bonds. The summed E-state index contributed by atoms with van der Waals surface area (Å²) in [6.45, 7) is 3.57. The maximum Gasteiger partial charge on any atom is 0.267 e. The van der Waals surface area contributed by atoms with E-state index in [1.807, 2.05) is 0 Å². The number of aryl methyl sites for hydroxylation is 2. The van der Waals surface area contributed by atoms with Gasteiger partial charge in [-0.3, -0.25) is 9.20 Å². The summed E-state index contributed by atoms with van der Waals surface area (Å²) in [6, 6.07) is 3.21. The van der Waals surface area contributed by atoms with Gasteiger partial charge in [-0.2, -0.15) is 0 Å². The minimum atomic E-state index is -1.01. The van der Waals surface area contributed by atoms with Gasteiger partial charge in [-0.25, -0.2) is 8.78 Å². The summed E-state index contributed by atoms with van der Waals surface area (Å²) in [4.78, 5) is 13.3. The molecule has 0 saturated heterocycles. The van der Waals surface area contributed by atoms with E-state index in [0.29, 0.717) is 21.4 Å². The molecule has 3 aromatic rings. The van der Waals surface area contributed by atoms with Crippen LogP contribution in [0.2, 0.25) is 0 Å². The first-order chi connectivity index (χ1) is 9.97. The van der Waals surface area contributed by atoms with Crippen LogP contribution in [0, 0.1) is 25.5 Å². The maximum absolute atomic E-state index is 13.1. The highest BCUT2D eigenvalue weighted by atomic mass is 32.1. The zero-order chi connectivity index (χ0) is 15.1. The minimum Gasteiger partial charge on any atom is -0.321 e. The highest BCUT2D eigenvalue weighted by molar-refractivity contribution is 7.19. The summed E-state index contributed by atoms with van der Waals surface area (Å²) in [5.74, 6) is -1.68. The number of benzene rings is 1. The van der Waals surface area contributed by atoms with Gasteiger partial charge in [0.1, 0.15) is 10.7 Å². The lowest BCUT2D eigenvalue weighted by Crippen LogP contribution is -2.12. The number of rotatable bonds is 2. The van der Waals surface area contributed by atoms with Crippen molar-refractivity contribution < 1.29 is 13.6 Å². The van der Waals surface area contributed by atoms with Gasteiger partial charge < -0.3 is 5.32 Å². The summed E-state index contributed by atoms with van der Waals surface area (Å²) in [5, 5.41) is 10.4. The fraction of sp³-hybridized carbons (Fsp3) is 0.154. The number of fused-ring (bicyclic) bond motifs is 1. The van der Waals surface area contributed by atoms with Crippen molar-refractivity contribution in [3.05, 3.63) is 46.2 Å². The number of anilines is 1. The molecule has 3 rings (SSSR count). The topological polar surface area (TPSA) is 59.3 Å². The lowest BCUT2D eigenvalue weighted by atomic mass is 10.3. The second-order valence-electron chi connectivity index (χ2n) is 4.46.